The number of rotatable bonds is 10. The number of pyridine rings is 2. The fraction of sp³-hybridized carbons (Fsp3) is 0.292. The molecule has 0 unspecified atom stereocenters. The van der Waals surface area contributed by atoms with Crippen molar-refractivity contribution in [2.45, 2.75) is 38.8 Å². The molecule has 34 heavy (non-hydrogen) atoms. The Morgan fingerprint density at radius 2 is 1.91 bits per heavy atom. The second kappa shape index (κ2) is 11.0. The molecule has 0 spiro atoms. The van der Waals surface area contributed by atoms with Gasteiger partial charge in [-0.3, -0.25) is 14.8 Å². The van der Waals surface area contributed by atoms with Gasteiger partial charge in [0, 0.05) is 35.6 Å². The van der Waals surface area contributed by atoms with Crippen LogP contribution in [0.2, 0.25) is 0 Å². The first-order valence-electron chi connectivity index (χ1n) is 10.8. The average molecular weight is 471 g/mol. The molecule has 8 nitrogen and oxygen atoms in total. The Morgan fingerprint density at radius 3 is 2.50 bits per heavy atom. The number of carbonyl (C=O) groups excluding carboxylic acids is 1. The number of hydrazine groups is 1. The lowest BCUT2D eigenvalue weighted by atomic mass is 10.0. The monoisotopic (exact) mass is 470 g/mol. The van der Waals surface area contributed by atoms with Crippen molar-refractivity contribution in [1.82, 2.24) is 15.4 Å². The van der Waals surface area contributed by atoms with Crippen LogP contribution in [-0.4, -0.2) is 35.1 Å². The maximum absolute atomic E-state index is 15.9. The number of amides is 1. The first-order chi connectivity index (χ1) is 16.3. The van der Waals surface area contributed by atoms with Crippen molar-refractivity contribution < 1.29 is 18.3 Å². The molecule has 3 aromatic rings. The molecule has 10 heteroatoms. The first kappa shape index (κ1) is 25.0. The van der Waals surface area contributed by atoms with Crippen LogP contribution in [0.25, 0.3) is 11.1 Å². The fourth-order valence-electron chi connectivity index (χ4n) is 3.50. The lowest BCUT2D eigenvalue weighted by molar-refractivity contribution is 0.1000. The van der Waals surface area contributed by atoms with Crippen LogP contribution in [0, 0.1) is 11.6 Å². The normalized spacial score (nSPS) is 12.8. The van der Waals surface area contributed by atoms with Gasteiger partial charge in [-0.15, -0.1) is 0 Å². The number of nitrogens with two attached hydrogens (primary N) is 2. The third kappa shape index (κ3) is 5.29. The van der Waals surface area contributed by atoms with Gasteiger partial charge in [-0.05, 0) is 31.5 Å². The Balaban J connectivity index is 2.14. The molecule has 0 aliphatic rings. The van der Waals surface area contributed by atoms with Gasteiger partial charge in [-0.2, -0.15) is 0 Å². The molecule has 0 aliphatic carbocycles. The Hall–Kier alpha value is -3.63. The van der Waals surface area contributed by atoms with E-state index in [1.807, 2.05) is 13.8 Å². The minimum Gasteiger partial charge on any atom is -0.494 e. The molecule has 1 amide bonds. The number of nitrogens with one attached hydrogen (secondary N) is 1. The zero-order chi connectivity index (χ0) is 24.8. The summed E-state index contributed by atoms with van der Waals surface area (Å²) in [7, 11) is 1.34. The topological polar surface area (TPSA) is 119 Å². The molecular formula is C24H28F2N6O2. The minimum atomic E-state index is -0.727. The summed E-state index contributed by atoms with van der Waals surface area (Å²) in [6.07, 6.45) is 5.37. The summed E-state index contributed by atoms with van der Waals surface area (Å²) in [6, 6.07) is 6.95. The molecule has 0 saturated heterocycles. The van der Waals surface area contributed by atoms with Crippen molar-refractivity contribution >= 4 is 17.4 Å². The van der Waals surface area contributed by atoms with Crippen LogP contribution in [0.4, 0.5) is 20.3 Å². The predicted molar refractivity (Wildman–Crippen MR) is 127 cm³/mol. The van der Waals surface area contributed by atoms with Gasteiger partial charge in [0.25, 0.3) is 0 Å². The number of halogens is 2. The molecule has 2 atom stereocenters. The standard InChI is InChI=1S/C24H28F2N6O2/c1-4-6-18(14(2)27)31-32(21-10-9-15(11-30-21)24(28)33)19-13-29-12-17(22(19)25)16-7-5-8-20(34-3)23(16)26/h5,7-14,18,31H,4,6,27H2,1-3H3,(H2,28,33)/t14-,18+/m0/s1. The average Bonchev–Trinajstić information content (AvgIpc) is 2.82. The van der Waals surface area contributed by atoms with Crippen molar-refractivity contribution in [1.29, 1.82) is 0 Å². The summed E-state index contributed by atoms with van der Waals surface area (Å²) in [4.78, 5) is 19.9. The zero-order valence-electron chi connectivity index (χ0n) is 19.3. The van der Waals surface area contributed by atoms with Gasteiger partial charge in [0.15, 0.2) is 17.4 Å². The van der Waals surface area contributed by atoms with Crippen LogP contribution in [0.15, 0.2) is 48.9 Å². The van der Waals surface area contributed by atoms with Crippen molar-refractivity contribution in [2.24, 2.45) is 11.5 Å². The number of nitrogens with zero attached hydrogens (tertiary/aromatic N) is 3. The Morgan fingerprint density at radius 1 is 1.15 bits per heavy atom. The summed E-state index contributed by atoms with van der Waals surface area (Å²) in [5.41, 5.74) is 14.8. The smallest absolute Gasteiger partial charge is 0.250 e. The lowest BCUT2D eigenvalue weighted by Gasteiger charge is -2.32. The van der Waals surface area contributed by atoms with Crippen LogP contribution >= 0.6 is 0 Å². The number of aromatic nitrogens is 2. The lowest BCUT2D eigenvalue weighted by Crippen LogP contribution is -2.50. The molecule has 0 radical (unpaired) electrons. The Bertz CT molecular complexity index is 1140. The maximum atomic E-state index is 15.9. The SMILES string of the molecule is CCC[C@@H](NN(c1ccc(C(N)=O)cn1)c1cncc(-c2cccc(OC)c2F)c1F)[C@H](C)N. The molecule has 0 saturated carbocycles. The van der Waals surface area contributed by atoms with Gasteiger partial charge >= 0.3 is 0 Å². The highest BCUT2D eigenvalue weighted by Gasteiger charge is 2.25. The van der Waals surface area contributed by atoms with Gasteiger partial charge < -0.3 is 16.2 Å². The van der Waals surface area contributed by atoms with Gasteiger partial charge in [-0.25, -0.2) is 19.2 Å². The maximum Gasteiger partial charge on any atom is 0.250 e. The van der Waals surface area contributed by atoms with Crippen molar-refractivity contribution in [3.63, 3.8) is 0 Å². The van der Waals surface area contributed by atoms with Crippen LogP contribution in [-0.2, 0) is 0 Å². The molecule has 1 aromatic carbocycles. The zero-order valence-corrected chi connectivity index (χ0v) is 19.3. The number of carbonyl (C=O) groups is 1. The van der Waals surface area contributed by atoms with E-state index in [1.54, 1.807) is 6.07 Å². The van der Waals surface area contributed by atoms with E-state index in [9.17, 15) is 9.18 Å². The third-order valence-corrected chi connectivity index (χ3v) is 5.37. The second-order valence-corrected chi connectivity index (χ2v) is 7.83. The van der Waals surface area contributed by atoms with Crippen LogP contribution in [0.1, 0.15) is 37.0 Å². The Kier molecular flexibility index (Phi) is 8.08. The van der Waals surface area contributed by atoms with E-state index in [-0.39, 0.29) is 46.0 Å². The minimum absolute atomic E-state index is 0.000451. The third-order valence-electron chi connectivity index (χ3n) is 5.37. The number of hydrogen-bond acceptors (Lipinski definition) is 7. The predicted octanol–water partition coefficient (Wildman–Crippen LogP) is 3.69. The largest absolute Gasteiger partial charge is 0.494 e. The molecule has 0 aliphatic heterocycles. The molecule has 180 valence electrons. The van der Waals surface area contributed by atoms with E-state index in [2.05, 4.69) is 15.4 Å². The van der Waals surface area contributed by atoms with Crippen molar-refractivity contribution in [3.05, 3.63) is 66.1 Å². The molecule has 5 N–H and O–H groups in total. The summed E-state index contributed by atoms with van der Waals surface area (Å²) < 4.78 is 35.8. The summed E-state index contributed by atoms with van der Waals surface area (Å²) in [6.45, 7) is 3.85. The first-order valence-corrected chi connectivity index (χ1v) is 10.8. The summed E-state index contributed by atoms with van der Waals surface area (Å²) >= 11 is 0. The van der Waals surface area contributed by atoms with E-state index < -0.39 is 17.5 Å². The van der Waals surface area contributed by atoms with Gasteiger partial charge in [0.2, 0.25) is 5.91 Å². The molecule has 0 fully saturated rings. The van der Waals surface area contributed by atoms with Gasteiger partial charge in [0.1, 0.15) is 11.5 Å². The molecule has 3 rings (SSSR count). The van der Waals surface area contributed by atoms with E-state index >= 15 is 4.39 Å². The number of benzene rings is 1. The molecular weight excluding hydrogens is 442 g/mol. The van der Waals surface area contributed by atoms with Gasteiger partial charge in [-0.1, -0.05) is 25.5 Å². The van der Waals surface area contributed by atoms with Crippen LogP contribution in [0.5, 0.6) is 5.75 Å². The Labute approximate surface area is 196 Å². The van der Waals surface area contributed by atoms with Gasteiger partial charge in [0.05, 0.1) is 18.9 Å². The van der Waals surface area contributed by atoms with E-state index in [4.69, 9.17) is 16.2 Å². The second-order valence-electron chi connectivity index (χ2n) is 7.83. The number of anilines is 2. The fourth-order valence-corrected chi connectivity index (χ4v) is 3.50. The van der Waals surface area contributed by atoms with Crippen molar-refractivity contribution in [2.75, 3.05) is 12.1 Å². The quantitative estimate of drug-likeness (QED) is 0.387. The highest BCUT2D eigenvalue weighted by atomic mass is 19.1. The van der Waals surface area contributed by atoms with Crippen LogP contribution < -0.4 is 26.6 Å². The highest BCUT2D eigenvalue weighted by molar-refractivity contribution is 5.92. The molecule has 2 aromatic heterocycles. The van der Waals surface area contributed by atoms with E-state index in [0.29, 0.717) is 6.42 Å². The molecule has 0 bridgehead atoms. The number of methoxy groups -OCH3 is 1. The number of ether oxygens (including phenoxy) is 1. The summed E-state index contributed by atoms with van der Waals surface area (Å²) in [5, 5.41) is 1.40. The van der Waals surface area contributed by atoms with E-state index in [0.717, 1.165) is 6.42 Å². The number of primary amides is 1. The highest BCUT2D eigenvalue weighted by Crippen LogP contribution is 2.35. The van der Waals surface area contributed by atoms with Crippen LogP contribution in [0.3, 0.4) is 0 Å². The van der Waals surface area contributed by atoms with E-state index in [1.165, 1.54) is 55.0 Å². The summed E-state index contributed by atoms with van der Waals surface area (Å²) in [5.74, 6) is -1.81. The number of hydrogen-bond donors (Lipinski definition) is 3. The van der Waals surface area contributed by atoms with Crippen molar-refractivity contribution in [3.8, 4) is 16.9 Å². The molecule has 2 heterocycles.